The van der Waals surface area contributed by atoms with E-state index in [1.807, 2.05) is 0 Å². The van der Waals surface area contributed by atoms with Crippen molar-refractivity contribution in [1.82, 2.24) is 10.6 Å². The van der Waals surface area contributed by atoms with Gasteiger partial charge in [-0.1, -0.05) is 38.5 Å². The van der Waals surface area contributed by atoms with Crippen molar-refractivity contribution in [1.29, 1.82) is 0 Å². The van der Waals surface area contributed by atoms with Crippen molar-refractivity contribution in [3.63, 3.8) is 0 Å². The average Bonchev–Trinajstić information content (AvgIpc) is 2.90. The molecule has 13 heteroatoms. The zero-order valence-electron chi connectivity index (χ0n) is 25.5. The molecule has 2 amide bonds. The monoisotopic (exact) mass is 602 g/mol. The lowest BCUT2D eigenvalue weighted by atomic mass is 9.96. The summed E-state index contributed by atoms with van der Waals surface area (Å²) >= 11 is 0. The topological polar surface area (TPSA) is 176 Å². The number of amides is 2. The summed E-state index contributed by atoms with van der Waals surface area (Å²) in [7, 11) is 0. The molecule has 13 nitrogen and oxygen atoms in total. The van der Waals surface area contributed by atoms with Crippen molar-refractivity contribution in [2.75, 3.05) is 26.4 Å². The normalized spacial score (nSPS) is 21.7. The quantitative estimate of drug-likeness (QED) is 0.0996. The lowest BCUT2D eigenvalue weighted by Crippen LogP contribution is -2.66. The Kier molecular flexibility index (Phi) is 19.4. The van der Waals surface area contributed by atoms with Gasteiger partial charge in [0.15, 0.2) is 18.5 Å². The molecule has 42 heavy (non-hydrogen) atoms. The summed E-state index contributed by atoms with van der Waals surface area (Å²) in [4.78, 5) is 59.3. The number of unbranched alkanes of at least 4 members (excludes halogenated alkanes) is 8. The number of nitrogens with one attached hydrogen (secondary N) is 2. The van der Waals surface area contributed by atoms with E-state index in [9.17, 15) is 24.0 Å². The van der Waals surface area contributed by atoms with Crippen molar-refractivity contribution < 1.29 is 52.8 Å². The maximum atomic E-state index is 12.2. The first kappa shape index (κ1) is 37.3. The Labute approximate surface area is 248 Å². The average molecular weight is 603 g/mol. The van der Waals surface area contributed by atoms with Gasteiger partial charge in [0.05, 0.1) is 0 Å². The van der Waals surface area contributed by atoms with Gasteiger partial charge in [0.1, 0.15) is 18.8 Å². The Morgan fingerprint density at radius 1 is 0.738 bits per heavy atom. The predicted octanol–water partition coefficient (Wildman–Crippen LogP) is 2.06. The van der Waals surface area contributed by atoms with Gasteiger partial charge in [-0.2, -0.15) is 0 Å². The van der Waals surface area contributed by atoms with Crippen LogP contribution in [0.15, 0.2) is 0 Å². The lowest BCUT2D eigenvalue weighted by Gasteiger charge is -2.44. The molecule has 1 aliphatic rings. The van der Waals surface area contributed by atoms with Crippen molar-refractivity contribution in [2.45, 2.75) is 129 Å². The van der Waals surface area contributed by atoms with Crippen LogP contribution >= 0.6 is 0 Å². The maximum Gasteiger partial charge on any atom is 0.303 e. The van der Waals surface area contributed by atoms with Gasteiger partial charge in [0, 0.05) is 53.9 Å². The lowest BCUT2D eigenvalue weighted by molar-refractivity contribution is -0.277. The summed E-state index contributed by atoms with van der Waals surface area (Å²) in [6.45, 7) is 5.59. The van der Waals surface area contributed by atoms with Gasteiger partial charge in [0.25, 0.3) is 0 Å². The molecule has 242 valence electrons. The Morgan fingerprint density at radius 2 is 1.33 bits per heavy atom. The first-order valence-electron chi connectivity index (χ1n) is 14.9. The van der Waals surface area contributed by atoms with Crippen molar-refractivity contribution in [2.24, 2.45) is 0 Å². The highest BCUT2D eigenvalue weighted by Gasteiger charge is 2.51. The number of carbonyl (C=O) groups is 5. The van der Waals surface area contributed by atoms with Crippen molar-refractivity contribution in [3.8, 4) is 0 Å². The summed E-state index contributed by atoms with van der Waals surface area (Å²) in [6, 6.07) is -1.02. The summed E-state index contributed by atoms with van der Waals surface area (Å²) in [5, 5.41) is 14.4. The van der Waals surface area contributed by atoms with Crippen molar-refractivity contribution in [3.05, 3.63) is 0 Å². The Morgan fingerprint density at radius 3 is 1.90 bits per heavy atom. The third-order valence-corrected chi connectivity index (χ3v) is 6.56. The van der Waals surface area contributed by atoms with Gasteiger partial charge < -0.3 is 39.4 Å². The second kappa shape index (κ2) is 21.9. The van der Waals surface area contributed by atoms with E-state index in [4.69, 9.17) is 28.8 Å². The number of hydrogen-bond donors (Lipinski definition) is 3. The molecule has 0 aliphatic carbocycles. The molecule has 1 aliphatic heterocycles. The Balaban J connectivity index is 2.57. The highest BCUT2D eigenvalue weighted by molar-refractivity contribution is 5.75. The number of esters is 3. The number of aliphatic hydroxyl groups excluding tert-OH is 1. The molecule has 0 spiro atoms. The second-order valence-corrected chi connectivity index (χ2v) is 10.4. The Bertz CT molecular complexity index is 838. The number of aliphatic hydroxyl groups is 1. The largest absolute Gasteiger partial charge is 0.463 e. The highest BCUT2D eigenvalue weighted by atomic mass is 16.7. The van der Waals surface area contributed by atoms with E-state index in [0.29, 0.717) is 25.8 Å². The Hall–Kier alpha value is -2.77. The number of rotatable bonds is 21. The zero-order valence-corrected chi connectivity index (χ0v) is 25.5. The zero-order chi connectivity index (χ0) is 31.3. The third-order valence-electron chi connectivity index (χ3n) is 6.56. The molecule has 0 radical (unpaired) electrons. The third kappa shape index (κ3) is 16.6. The van der Waals surface area contributed by atoms with Crippen LogP contribution in [0, 0.1) is 0 Å². The minimum Gasteiger partial charge on any atom is -0.463 e. The van der Waals surface area contributed by atoms with E-state index in [2.05, 4.69) is 10.6 Å². The molecule has 0 aromatic rings. The molecule has 1 rings (SSSR count). The van der Waals surface area contributed by atoms with Gasteiger partial charge >= 0.3 is 17.9 Å². The van der Waals surface area contributed by atoms with Crippen LogP contribution in [-0.2, 0) is 47.7 Å². The first-order valence-corrected chi connectivity index (χ1v) is 14.9. The minimum atomic E-state index is -1.18. The van der Waals surface area contributed by atoms with Gasteiger partial charge in [-0.3, -0.25) is 24.0 Å². The van der Waals surface area contributed by atoms with Crippen LogP contribution in [0.2, 0.25) is 0 Å². The van der Waals surface area contributed by atoms with Gasteiger partial charge in [-0.05, 0) is 25.7 Å². The van der Waals surface area contributed by atoms with Gasteiger partial charge in [-0.15, -0.1) is 0 Å². The van der Waals surface area contributed by atoms with Crippen LogP contribution in [0.1, 0.15) is 98.3 Å². The smallest absolute Gasteiger partial charge is 0.303 e. The predicted molar refractivity (Wildman–Crippen MR) is 151 cm³/mol. The molecular weight excluding hydrogens is 552 g/mol. The van der Waals surface area contributed by atoms with Crippen LogP contribution in [0.25, 0.3) is 0 Å². The molecule has 1 fully saturated rings. The first-order chi connectivity index (χ1) is 20.0. The number of carbonyl (C=O) groups excluding carboxylic acids is 5. The minimum absolute atomic E-state index is 0.0374. The van der Waals surface area contributed by atoms with Crippen molar-refractivity contribution >= 4 is 29.7 Å². The molecule has 1 heterocycles. The molecule has 1 saturated heterocycles. The molecule has 0 aromatic carbocycles. The fourth-order valence-electron chi connectivity index (χ4n) is 4.63. The van der Waals surface area contributed by atoms with Crippen LogP contribution in [0.4, 0.5) is 0 Å². The number of hydrogen-bond acceptors (Lipinski definition) is 11. The molecule has 0 bridgehead atoms. The number of ether oxygens (including phenoxy) is 5. The van der Waals surface area contributed by atoms with E-state index < -0.39 is 54.5 Å². The highest BCUT2D eigenvalue weighted by Crippen LogP contribution is 2.28. The van der Waals surface area contributed by atoms with Crippen LogP contribution in [0.3, 0.4) is 0 Å². The molecule has 3 N–H and O–H groups in total. The molecule has 0 aromatic heterocycles. The second-order valence-electron chi connectivity index (χ2n) is 10.4. The maximum absolute atomic E-state index is 12.2. The van der Waals surface area contributed by atoms with E-state index in [0.717, 1.165) is 38.5 Å². The van der Waals surface area contributed by atoms with Crippen LogP contribution in [0.5, 0.6) is 0 Å². The summed E-state index contributed by atoms with van der Waals surface area (Å²) in [5.41, 5.74) is 0. The van der Waals surface area contributed by atoms with E-state index in [1.165, 1.54) is 40.5 Å². The molecular formula is C29H50N2O11. The molecule has 0 unspecified atom stereocenters. The summed E-state index contributed by atoms with van der Waals surface area (Å²) in [5.74, 6) is -2.44. The fraction of sp³-hybridized carbons (Fsp3) is 0.828. The van der Waals surface area contributed by atoms with Crippen LogP contribution < -0.4 is 10.6 Å². The van der Waals surface area contributed by atoms with Gasteiger partial charge in [-0.25, -0.2) is 0 Å². The molecule has 0 saturated carbocycles. The molecule has 5 atom stereocenters. The standard InChI is InChI=1S/C29H50N2O11/c1-20(33)31-26-28(41-23(4)36)27(40-22(3)35)24(19-39-21(2)34)42-29(26)38-18-14-11-15-25(37)30-16-12-9-7-5-6-8-10-13-17-32/h24,26-29,32H,5-19H2,1-4H3,(H,30,37)(H,31,33)/t24-,26-,27+,28-,29-/m1/s1. The fourth-order valence-corrected chi connectivity index (χ4v) is 4.63. The van der Waals surface area contributed by atoms with Crippen LogP contribution in [-0.4, -0.2) is 91.8 Å². The van der Waals surface area contributed by atoms with Gasteiger partial charge in [0.2, 0.25) is 11.8 Å². The summed E-state index contributed by atoms with van der Waals surface area (Å²) < 4.78 is 27.7. The van der Waals surface area contributed by atoms with E-state index in [-0.39, 0.29) is 25.7 Å². The summed E-state index contributed by atoms with van der Waals surface area (Å²) in [6.07, 6.45) is 5.46. The van der Waals surface area contributed by atoms with E-state index >= 15 is 0 Å². The SMILES string of the molecule is CC(=O)N[C@H]1[C@H](OCCCCC(=O)NCCCCCCCCCCO)O[C@H](COC(C)=O)[C@H](OC(C)=O)[C@@H]1OC(C)=O. The van der Waals surface area contributed by atoms with E-state index in [1.54, 1.807) is 0 Å².